The molecule has 122 valence electrons. The smallest absolute Gasteiger partial charge is 0.258 e. The summed E-state index contributed by atoms with van der Waals surface area (Å²) in [5.74, 6) is 1.67. The molecule has 2 aromatic rings. The second-order valence-corrected chi connectivity index (χ2v) is 6.46. The first-order chi connectivity index (χ1) is 11.1. The molecule has 0 unspecified atom stereocenters. The molecule has 1 aliphatic carbocycles. The molecule has 7 nitrogen and oxygen atoms in total. The van der Waals surface area contributed by atoms with Gasteiger partial charge in [-0.05, 0) is 37.6 Å². The van der Waals surface area contributed by atoms with Crippen molar-refractivity contribution in [2.45, 2.75) is 24.8 Å². The van der Waals surface area contributed by atoms with Crippen LogP contribution >= 0.6 is 11.6 Å². The average molecular weight is 337 g/mol. The van der Waals surface area contributed by atoms with Crippen molar-refractivity contribution in [3.8, 4) is 0 Å². The minimum absolute atomic E-state index is 0.0987. The molecule has 8 heteroatoms. The number of carbonyl (C=O) groups excluding carboxylic acids is 1. The number of hydrogen-bond acceptors (Lipinski definition) is 6. The number of likely N-dealkylation sites (N-methyl/N-ethyl adjacent to an activating group) is 1. The van der Waals surface area contributed by atoms with Crippen LogP contribution in [0.5, 0.6) is 0 Å². The molecule has 0 aromatic carbocycles. The maximum Gasteiger partial charge on any atom is 0.258 e. The Kier molecular flexibility index (Phi) is 3.61. The van der Waals surface area contributed by atoms with Gasteiger partial charge in [-0.15, -0.1) is 0 Å². The number of furan rings is 1. The highest BCUT2D eigenvalue weighted by molar-refractivity contribution is 6.32. The molecule has 0 N–H and O–H groups in total. The molecule has 0 bridgehead atoms. The molecule has 1 saturated heterocycles. The molecular formula is C15H17ClN4O3. The third kappa shape index (κ3) is 2.74. The predicted molar refractivity (Wildman–Crippen MR) is 81.3 cm³/mol. The van der Waals surface area contributed by atoms with Crippen LogP contribution in [-0.4, -0.2) is 52.5 Å². The van der Waals surface area contributed by atoms with Crippen LogP contribution in [0.3, 0.4) is 0 Å². The van der Waals surface area contributed by atoms with Gasteiger partial charge < -0.3 is 13.8 Å². The van der Waals surface area contributed by atoms with Gasteiger partial charge >= 0.3 is 0 Å². The van der Waals surface area contributed by atoms with E-state index in [1.165, 1.54) is 6.26 Å². The number of carbonyl (C=O) groups is 1. The summed E-state index contributed by atoms with van der Waals surface area (Å²) >= 11 is 5.92. The van der Waals surface area contributed by atoms with Crippen LogP contribution in [-0.2, 0) is 0 Å². The van der Waals surface area contributed by atoms with Crippen LogP contribution in [0.2, 0.25) is 5.22 Å². The molecule has 2 aliphatic rings. The first kappa shape index (κ1) is 14.7. The Bertz CT molecular complexity index is 724. The van der Waals surface area contributed by atoms with Gasteiger partial charge in [-0.1, -0.05) is 5.16 Å². The largest absolute Gasteiger partial charge is 0.452 e. The van der Waals surface area contributed by atoms with Gasteiger partial charge in [-0.3, -0.25) is 9.69 Å². The van der Waals surface area contributed by atoms with Crippen LogP contribution in [0.25, 0.3) is 0 Å². The summed E-state index contributed by atoms with van der Waals surface area (Å²) in [6.45, 7) is 1.84. The number of aromatic nitrogens is 2. The monoisotopic (exact) mass is 336 g/mol. The van der Waals surface area contributed by atoms with Crippen LogP contribution in [0.15, 0.2) is 21.3 Å². The topological polar surface area (TPSA) is 75.6 Å². The Hall–Kier alpha value is -1.86. The van der Waals surface area contributed by atoms with Crippen molar-refractivity contribution in [3.63, 3.8) is 0 Å². The van der Waals surface area contributed by atoms with Crippen molar-refractivity contribution in [3.05, 3.63) is 34.8 Å². The quantitative estimate of drug-likeness (QED) is 0.856. The van der Waals surface area contributed by atoms with Gasteiger partial charge in [0.2, 0.25) is 11.1 Å². The fraction of sp³-hybridized carbons (Fsp3) is 0.533. The molecule has 1 atom stereocenters. The number of halogens is 1. The van der Waals surface area contributed by atoms with E-state index in [9.17, 15) is 4.79 Å². The number of rotatable bonds is 3. The normalized spacial score (nSPS) is 22.5. The lowest BCUT2D eigenvalue weighted by Crippen LogP contribution is -2.49. The number of amides is 1. The highest BCUT2D eigenvalue weighted by Gasteiger charge is 2.35. The predicted octanol–water partition coefficient (Wildman–Crippen LogP) is 2.32. The SMILES string of the molecule is CN1CCN(C(=O)c2ccoc2Cl)C[C@H]1c1nc(C2CC2)no1. The zero-order valence-electron chi connectivity index (χ0n) is 12.7. The Morgan fingerprint density at radius 3 is 2.91 bits per heavy atom. The Balaban J connectivity index is 1.53. The van der Waals surface area contributed by atoms with Gasteiger partial charge in [0.15, 0.2) is 5.82 Å². The number of nitrogens with zero attached hydrogens (tertiary/aromatic N) is 4. The number of hydrogen-bond donors (Lipinski definition) is 0. The lowest BCUT2D eigenvalue weighted by Gasteiger charge is -2.37. The van der Waals surface area contributed by atoms with E-state index in [0.29, 0.717) is 30.5 Å². The molecule has 0 spiro atoms. The summed E-state index contributed by atoms with van der Waals surface area (Å²) in [5.41, 5.74) is 0.388. The Morgan fingerprint density at radius 2 is 2.22 bits per heavy atom. The lowest BCUT2D eigenvalue weighted by molar-refractivity contribution is 0.0488. The fourth-order valence-electron chi connectivity index (χ4n) is 2.83. The first-order valence-electron chi connectivity index (χ1n) is 7.69. The van der Waals surface area contributed by atoms with Crippen molar-refractivity contribution in [1.29, 1.82) is 0 Å². The van der Waals surface area contributed by atoms with Crippen molar-refractivity contribution in [2.75, 3.05) is 26.7 Å². The number of piperazine rings is 1. The highest BCUT2D eigenvalue weighted by atomic mass is 35.5. The van der Waals surface area contributed by atoms with Crippen molar-refractivity contribution in [2.24, 2.45) is 0 Å². The summed E-state index contributed by atoms with van der Waals surface area (Å²) < 4.78 is 10.4. The summed E-state index contributed by atoms with van der Waals surface area (Å²) in [5, 5.41) is 4.19. The molecule has 2 aromatic heterocycles. The van der Waals surface area contributed by atoms with Gasteiger partial charge in [-0.25, -0.2) is 0 Å². The van der Waals surface area contributed by atoms with Crippen LogP contribution < -0.4 is 0 Å². The molecule has 2 fully saturated rings. The summed E-state index contributed by atoms with van der Waals surface area (Å²) in [6, 6.07) is 1.49. The van der Waals surface area contributed by atoms with Crippen molar-refractivity contribution >= 4 is 17.5 Å². The molecule has 0 radical (unpaired) electrons. The molecular weight excluding hydrogens is 320 g/mol. The van der Waals surface area contributed by atoms with E-state index in [-0.39, 0.29) is 17.2 Å². The van der Waals surface area contributed by atoms with Gasteiger partial charge in [-0.2, -0.15) is 4.98 Å². The van der Waals surface area contributed by atoms with Crippen LogP contribution in [0.1, 0.15) is 46.9 Å². The van der Waals surface area contributed by atoms with Gasteiger partial charge in [0.25, 0.3) is 5.91 Å². The molecule has 1 amide bonds. The van der Waals surface area contributed by atoms with Gasteiger partial charge in [0.05, 0.1) is 11.8 Å². The van der Waals surface area contributed by atoms with Gasteiger partial charge in [0, 0.05) is 25.6 Å². The minimum atomic E-state index is -0.135. The minimum Gasteiger partial charge on any atom is -0.452 e. The van der Waals surface area contributed by atoms with E-state index in [4.69, 9.17) is 20.5 Å². The first-order valence-corrected chi connectivity index (χ1v) is 8.07. The van der Waals surface area contributed by atoms with Crippen LogP contribution in [0.4, 0.5) is 0 Å². The standard InChI is InChI=1S/C15H17ClN4O3/c1-19-5-6-20(15(21)10-4-7-22-12(10)16)8-11(19)14-17-13(18-23-14)9-2-3-9/h4,7,9,11H,2-3,5-6,8H2,1H3/t11-/m0/s1. The van der Waals surface area contributed by atoms with E-state index in [2.05, 4.69) is 15.0 Å². The third-order valence-electron chi connectivity index (χ3n) is 4.47. The van der Waals surface area contributed by atoms with Crippen LogP contribution in [0, 0.1) is 0 Å². The maximum atomic E-state index is 12.6. The maximum absolute atomic E-state index is 12.6. The summed E-state index contributed by atoms with van der Waals surface area (Å²) in [4.78, 5) is 21.0. The fourth-order valence-corrected chi connectivity index (χ4v) is 3.03. The van der Waals surface area contributed by atoms with E-state index >= 15 is 0 Å². The zero-order valence-corrected chi connectivity index (χ0v) is 13.5. The summed E-state index contributed by atoms with van der Waals surface area (Å²) in [6.07, 6.45) is 3.68. The van der Waals surface area contributed by atoms with Gasteiger partial charge in [0.1, 0.15) is 6.04 Å². The molecule has 3 heterocycles. The molecule has 1 saturated carbocycles. The van der Waals surface area contributed by atoms with Crippen molar-refractivity contribution < 1.29 is 13.7 Å². The highest BCUT2D eigenvalue weighted by Crippen LogP contribution is 2.39. The second kappa shape index (κ2) is 5.65. The van der Waals surface area contributed by atoms with E-state index in [1.54, 1.807) is 11.0 Å². The summed E-state index contributed by atoms with van der Waals surface area (Å²) in [7, 11) is 2.00. The van der Waals surface area contributed by atoms with E-state index in [0.717, 1.165) is 25.2 Å². The molecule has 4 rings (SSSR count). The Morgan fingerprint density at radius 1 is 1.39 bits per heavy atom. The van der Waals surface area contributed by atoms with Crippen molar-refractivity contribution in [1.82, 2.24) is 19.9 Å². The molecule has 23 heavy (non-hydrogen) atoms. The Labute approximate surface area is 138 Å². The second-order valence-electron chi connectivity index (χ2n) is 6.12. The average Bonchev–Trinajstić information content (AvgIpc) is 3.12. The third-order valence-corrected chi connectivity index (χ3v) is 4.76. The lowest BCUT2D eigenvalue weighted by atomic mass is 10.1. The zero-order chi connectivity index (χ0) is 16.0. The van der Waals surface area contributed by atoms with E-state index < -0.39 is 0 Å². The van der Waals surface area contributed by atoms with E-state index in [1.807, 2.05) is 7.05 Å². The molecule has 1 aliphatic heterocycles.